The van der Waals surface area contributed by atoms with Gasteiger partial charge in [-0.1, -0.05) is 0 Å². The number of hydrogen-bond acceptors (Lipinski definition) is 7. The largest absolute Gasteiger partial charge is 0.435 e. The molecule has 27 heavy (non-hydrogen) atoms. The van der Waals surface area contributed by atoms with E-state index in [0.29, 0.717) is 0 Å². The van der Waals surface area contributed by atoms with Crippen molar-refractivity contribution in [2.75, 3.05) is 38.5 Å². The van der Waals surface area contributed by atoms with Gasteiger partial charge in [-0.2, -0.15) is 18.3 Å². The Morgan fingerprint density at radius 1 is 1.33 bits per heavy atom. The Kier molecular flexibility index (Phi) is 6.12. The zero-order valence-corrected chi connectivity index (χ0v) is 15.7. The third-order valence-electron chi connectivity index (χ3n) is 3.72. The maximum atomic E-state index is 13.4. The number of nitrogens with zero attached hydrogens (tertiary/aromatic N) is 4. The van der Waals surface area contributed by atoms with Gasteiger partial charge in [0.2, 0.25) is 0 Å². The van der Waals surface area contributed by atoms with Crippen LogP contribution >= 0.6 is 0 Å². The Labute approximate surface area is 154 Å². The summed E-state index contributed by atoms with van der Waals surface area (Å²) in [5, 5.41) is 12.9. The molecule has 0 aromatic carbocycles. The summed E-state index contributed by atoms with van der Waals surface area (Å²) < 4.78 is 69.0. The van der Waals surface area contributed by atoms with Crippen LogP contribution in [0.2, 0.25) is 0 Å². The quantitative estimate of drug-likeness (QED) is 0.737. The van der Waals surface area contributed by atoms with Crippen LogP contribution in [0.5, 0.6) is 0 Å². The van der Waals surface area contributed by atoms with E-state index in [-0.39, 0.29) is 29.7 Å². The Bertz CT molecular complexity index is 895. The molecule has 0 unspecified atom stereocenters. The van der Waals surface area contributed by atoms with Gasteiger partial charge < -0.3 is 14.7 Å². The molecular formula is C15H19F3N4O4S. The SMILES string of the molecule is COCCN(C)c1c(CO)c(C(F)(F)F)nn1-c1ccc(S(C)(=O)=O)nc1. The first-order chi connectivity index (χ1) is 12.5. The molecule has 0 spiro atoms. The van der Waals surface area contributed by atoms with Crippen LogP contribution in [-0.4, -0.2) is 61.9 Å². The first kappa shape index (κ1) is 21.1. The van der Waals surface area contributed by atoms with Crippen molar-refractivity contribution in [3.05, 3.63) is 29.6 Å². The Balaban J connectivity index is 2.65. The first-order valence-electron chi connectivity index (χ1n) is 7.67. The highest BCUT2D eigenvalue weighted by atomic mass is 32.2. The molecule has 12 heteroatoms. The van der Waals surface area contributed by atoms with Crippen molar-refractivity contribution < 1.29 is 31.4 Å². The number of methoxy groups -OCH3 is 1. The number of aliphatic hydroxyl groups excluding tert-OH is 1. The van der Waals surface area contributed by atoms with E-state index >= 15 is 0 Å². The summed E-state index contributed by atoms with van der Waals surface area (Å²) in [4.78, 5) is 5.24. The van der Waals surface area contributed by atoms with Gasteiger partial charge >= 0.3 is 6.18 Å². The van der Waals surface area contributed by atoms with Gasteiger partial charge in [0.1, 0.15) is 5.82 Å². The molecular weight excluding hydrogens is 389 g/mol. The predicted molar refractivity (Wildman–Crippen MR) is 90.5 cm³/mol. The molecule has 0 aliphatic heterocycles. The van der Waals surface area contributed by atoms with E-state index in [9.17, 15) is 26.7 Å². The zero-order chi connectivity index (χ0) is 20.4. The molecule has 0 amide bonds. The third-order valence-corrected chi connectivity index (χ3v) is 4.72. The monoisotopic (exact) mass is 408 g/mol. The molecule has 0 fully saturated rings. The summed E-state index contributed by atoms with van der Waals surface area (Å²) in [6.45, 7) is -0.406. The van der Waals surface area contributed by atoms with Gasteiger partial charge in [0.15, 0.2) is 20.6 Å². The van der Waals surface area contributed by atoms with Gasteiger partial charge in [-0.3, -0.25) is 0 Å². The highest BCUT2D eigenvalue weighted by Crippen LogP contribution is 2.37. The minimum absolute atomic E-state index is 0.00998. The highest BCUT2D eigenvalue weighted by molar-refractivity contribution is 7.90. The molecule has 2 heterocycles. The first-order valence-corrected chi connectivity index (χ1v) is 9.56. The fourth-order valence-electron chi connectivity index (χ4n) is 2.44. The number of ether oxygens (including phenoxy) is 1. The fourth-order valence-corrected chi connectivity index (χ4v) is 3.00. The van der Waals surface area contributed by atoms with Crippen LogP contribution in [0, 0.1) is 0 Å². The minimum Gasteiger partial charge on any atom is -0.391 e. The molecule has 150 valence electrons. The summed E-state index contributed by atoms with van der Waals surface area (Å²) in [5.41, 5.74) is -1.50. The van der Waals surface area contributed by atoms with E-state index in [0.717, 1.165) is 17.1 Å². The standard InChI is InChI=1S/C15H19F3N4O4S/c1-21(6-7-26-2)14-11(9-23)13(15(16,17)18)20-22(14)10-4-5-12(19-8-10)27(3,24)25/h4-5,8,23H,6-7,9H2,1-3H3. The fraction of sp³-hybridized carbons (Fsp3) is 0.467. The lowest BCUT2D eigenvalue weighted by molar-refractivity contribution is -0.142. The van der Waals surface area contributed by atoms with Crippen molar-refractivity contribution in [2.24, 2.45) is 0 Å². The average molecular weight is 408 g/mol. The van der Waals surface area contributed by atoms with Crippen molar-refractivity contribution in [3.63, 3.8) is 0 Å². The van der Waals surface area contributed by atoms with Crippen LogP contribution in [-0.2, 0) is 27.4 Å². The Morgan fingerprint density at radius 2 is 2.00 bits per heavy atom. The smallest absolute Gasteiger partial charge is 0.391 e. The van der Waals surface area contributed by atoms with Crippen molar-refractivity contribution in [1.82, 2.24) is 14.8 Å². The molecule has 0 aliphatic carbocycles. The van der Waals surface area contributed by atoms with E-state index in [1.165, 1.54) is 31.2 Å². The van der Waals surface area contributed by atoms with Gasteiger partial charge in [0, 0.05) is 27.0 Å². The summed E-state index contributed by atoms with van der Waals surface area (Å²) in [6.07, 6.45) is -2.70. The lowest BCUT2D eigenvalue weighted by atomic mass is 10.2. The van der Waals surface area contributed by atoms with Gasteiger partial charge in [-0.05, 0) is 12.1 Å². The molecule has 0 saturated carbocycles. The molecule has 0 bridgehead atoms. The van der Waals surface area contributed by atoms with Crippen LogP contribution in [0.1, 0.15) is 11.3 Å². The highest BCUT2D eigenvalue weighted by Gasteiger charge is 2.40. The molecule has 2 rings (SSSR count). The summed E-state index contributed by atoms with van der Waals surface area (Å²) >= 11 is 0. The lowest BCUT2D eigenvalue weighted by Crippen LogP contribution is -2.25. The number of halogens is 3. The maximum absolute atomic E-state index is 13.4. The van der Waals surface area contributed by atoms with Crippen molar-refractivity contribution in [1.29, 1.82) is 0 Å². The second kappa shape index (κ2) is 7.82. The van der Waals surface area contributed by atoms with E-state index in [1.807, 2.05) is 0 Å². The molecule has 2 aromatic rings. The number of aliphatic hydroxyl groups is 1. The summed E-state index contributed by atoms with van der Waals surface area (Å²) in [6, 6.07) is 2.47. The molecule has 2 aromatic heterocycles. The van der Waals surface area contributed by atoms with Gasteiger partial charge in [-0.15, -0.1) is 0 Å². The van der Waals surface area contributed by atoms with Crippen LogP contribution in [0.25, 0.3) is 5.69 Å². The van der Waals surface area contributed by atoms with E-state index in [1.54, 1.807) is 0 Å². The maximum Gasteiger partial charge on any atom is 0.435 e. The molecule has 0 saturated heterocycles. The number of pyridine rings is 1. The van der Waals surface area contributed by atoms with E-state index in [2.05, 4.69) is 10.1 Å². The van der Waals surface area contributed by atoms with Crippen LogP contribution in [0.15, 0.2) is 23.4 Å². The minimum atomic E-state index is -4.78. The Morgan fingerprint density at radius 3 is 2.44 bits per heavy atom. The van der Waals surface area contributed by atoms with Crippen LogP contribution in [0.4, 0.5) is 19.0 Å². The number of aromatic nitrogens is 3. The average Bonchev–Trinajstić information content (AvgIpc) is 2.99. The van der Waals surface area contributed by atoms with Crippen LogP contribution in [0.3, 0.4) is 0 Å². The van der Waals surface area contributed by atoms with Gasteiger partial charge in [-0.25, -0.2) is 18.1 Å². The molecule has 0 radical (unpaired) electrons. The predicted octanol–water partition coefficient (Wildman–Crippen LogP) is 1.26. The second-order valence-electron chi connectivity index (χ2n) is 5.76. The third kappa shape index (κ3) is 4.57. The van der Waals surface area contributed by atoms with Crippen LogP contribution < -0.4 is 4.90 Å². The van der Waals surface area contributed by atoms with E-state index in [4.69, 9.17) is 4.74 Å². The number of hydrogen-bond donors (Lipinski definition) is 1. The van der Waals surface area contributed by atoms with Crippen molar-refractivity contribution >= 4 is 15.7 Å². The summed E-state index contributed by atoms with van der Waals surface area (Å²) in [5.74, 6) is 0.00998. The lowest BCUT2D eigenvalue weighted by Gasteiger charge is -2.21. The molecule has 1 N–H and O–H groups in total. The number of likely N-dealkylation sites (N-methyl/N-ethyl adjacent to an activating group) is 1. The number of anilines is 1. The summed E-state index contributed by atoms with van der Waals surface area (Å²) in [7, 11) is -0.575. The van der Waals surface area contributed by atoms with Crippen molar-refractivity contribution in [2.45, 2.75) is 17.8 Å². The molecule has 0 aliphatic rings. The van der Waals surface area contributed by atoms with Crippen molar-refractivity contribution in [3.8, 4) is 5.69 Å². The van der Waals surface area contributed by atoms with E-state index < -0.39 is 33.9 Å². The molecule has 8 nitrogen and oxygen atoms in total. The topological polar surface area (TPSA) is 97.5 Å². The van der Waals surface area contributed by atoms with Gasteiger partial charge in [0.25, 0.3) is 0 Å². The number of sulfone groups is 1. The second-order valence-corrected chi connectivity index (χ2v) is 7.72. The Hall–Kier alpha value is -2.18. The zero-order valence-electron chi connectivity index (χ0n) is 14.9. The number of alkyl halides is 3. The number of rotatable bonds is 7. The van der Waals surface area contributed by atoms with Gasteiger partial charge in [0.05, 0.1) is 30.7 Å². The molecule has 0 atom stereocenters. The normalized spacial score (nSPS) is 12.4.